The highest BCUT2D eigenvalue weighted by Crippen LogP contribution is 2.37. The molecule has 0 radical (unpaired) electrons. The van der Waals surface area contributed by atoms with E-state index >= 15 is 0 Å². The van der Waals surface area contributed by atoms with Crippen LogP contribution in [0, 0.1) is 0 Å². The Balaban J connectivity index is 1.74. The van der Waals surface area contributed by atoms with Crippen molar-refractivity contribution in [1.29, 1.82) is 0 Å². The van der Waals surface area contributed by atoms with Gasteiger partial charge in [-0.2, -0.15) is 5.10 Å². The van der Waals surface area contributed by atoms with E-state index in [1.807, 2.05) is 49.4 Å². The summed E-state index contributed by atoms with van der Waals surface area (Å²) in [6.45, 7) is 2.80. The van der Waals surface area contributed by atoms with E-state index in [-0.39, 0.29) is 5.91 Å². The Morgan fingerprint density at radius 1 is 1.03 bits per heavy atom. The predicted octanol–water partition coefficient (Wildman–Crippen LogP) is 5.96. The number of methoxy groups -OCH3 is 1. The minimum absolute atomic E-state index is 0.375. The number of rotatable bonds is 9. The van der Waals surface area contributed by atoms with Crippen LogP contribution < -0.4 is 19.6 Å². The zero-order chi connectivity index (χ0) is 22.9. The van der Waals surface area contributed by atoms with Crippen LogP contribution in [0.3, 0.4) is 0 Å². The fraction of sp³-hybridized carbons (Fsp3) is 0.167. The van der Waals surface area contributed by atoms with E-state index in [4.69, 9.17) is 14.2 Å². The molecule has 0 aliphatic rings. The summed E-state index contributed by atoms with van der Waals surface area (Å²) in [6, 6.07) is 18.7. The summed E-state index contributed by atoms with van der Waals surface area (Å²) in [6.07, 6.45) is 1.54. The van der Waals surface area contributed by atoms with E-state index in [9.17, 15) is 4.79 Å². The number of benzene rings is 3. The maximum atomic E-state index is 12.5. The Bertz CT molecular complexity index is 1100. The highest BCUT2D eigenvalue weighted by molar-refractivity contribution is 9.10. The molecule has 0 spiro atoms. The molecule has 0 aliphatic heterocycles. The first-order valence-electron chi connectivity index (χ1n) is 9.81. The van der Waals surface area contributed by atoms with E-state index < -0.39 is 0 Å². The van der Waals surface area contributed by atoms with Gasteiger partial charge in [0.2, 0.25) is 0 Å². The summed E-state index contributed by atoms with van der Waals surface area (Å²) in [5, 5.41) is 4.08. The fourth-order valence-corrected chi connectivity index (χ4v) is 3.81. The number of nitrogens with zero attached hydrogens (tertiary/aromatic N) is 1. The first kappa shape index (κ1) is 23.8. The maximum Gasteiger partial charge on any atom is 0.275 e. The van der Waals surface area contributed by atoms with Crippen molar-refractivity contribution < 1.29 is 19.0 Å². The molecule has 3 rings (SSSR count). The van der Waals surface area contributed by atoms with Gasteiger partial charge in [-0.05, 0) is 64.3 Å². The van der Waals surface area contributed by atoms with E-state index in [1.54, 1.807) is 18.2 Å². The number of hydrogen-bond donors (Lipinski definition) is 1. The SMILES string of the molecule is CCOc1cc(/C=N\NC(=O)c2cc(Br)ccc2OC)cc(Br)c1OCc1ccccc1. The molecule has 0 unspecified atom stereocenters. The lowest BCUT2D eigenvalue weighted by atomic mass is 10.2. The normalized spacial score (nSPS) is 10.8. The summed E-state index contributed by atoms with van der Waals surface area (Å²) in [5.41, 5.74) is 4.68. The van der Waals surface area contributed by atoms with Gasteiger partial charge in [-0.1, -0.05) is 46.3 Å². The van der Waals surface area contributed by atoms with Gasteiger partial charge in [0.25, 0.3) is 5.91 Å². The molecular formula is C24H22Br2N2O4. The third-order valence-electron chi connectivity index (χ3n) is 4.34. The highest BCUT2D eigenvalue weighted by Gasteiger charge is 2.14. The summed E-state index contributed by atoms with van der Waals surface area (Å²) in [7, 11) is 1.51. The Morgan fingerprint density at radius 2 is 1.81 bits per heavy atom. The number of carbonyl (C=O) groups excluding carboxylic acids is 1. The summed E-state index contributed by atoms with van der Waals surface area (Å²) in [4.78, 5) is 12.5. The molecule has 0 aliphatic carbocycles. The average molecular weight is 562 g/mol. The van der Waals surface area contributed by atoms with Crippen molar-refractivity contribution in [3.63, 3.8) is 0 Å². The van der Waals surface area contributed by atoms with Crippen LogP contribution in [0.25, 0.3) is 0 Å². The van der Waals surface area contributed by atoms with E-state index in [2.05, 4.69) is 42.4 Å². The average Bonchev–Trinajstić information content (AvgIpc) is 2.79. The van der Waals surface area contributed by atoms with Gasteiger partial charge in [0.05, 0.1) is 30.0 Å². The maximum absolute atomic E-state index is 12.5. The standard InChI is InChI=1S/C24H22Br2N2O4/c1-3-31-22-12-17(11-20(26)23(22)32-15-16-7-5-4-6-8-16)14-27-28-24(29)19-13-18(25)9-10-21(19)30-2/h4-14H,3,15H2,1-2H3,(H,28,29)/b27-14-. The molecule has 32 heavy (non-hydrogen) atoms. The van der Waals surface area contributed by atoms with Crippen molar-refractivity contribution in [2.24, 2.45) is 5.10 Å². The van der Waals surface area contributed by atoms with Gasteiger partial charge in [0.15, 0.2) is 11.5 Å². The second kappa shape index (κ2) is 11.7. The first-order chi connectivity index (χ1) is 15.5. The molecule has 3 aromatic rings. The number of nitrogens with one attached hydrogen (secondary N) is 1. The lowest BCUT2D eigenvalue weighted by molar-refractivity contribution is 0.0952. The fourth-order valence-electron chi connectivity index (χ4n) is 2.88. The second-order valence-electron chi connectivity index (χ2n) is 6.58. The van der Waals surface area contributed by atoms with Crippen molar-refractivity contribution >= 4 is 44.0 Å². The lowest BCUT2D eigenvalue weighted by Gasteiger charge is -2.14. The second-order valence-corrected chi connectivity index (χ2v) is 8.35. The molecule has 3 aromatic carbocycles. The van der Waals surface area contributed by atoms with Crippen molar-refractivity contribution in [1.82, 2.24) is 5.43 Å². The Labute approximate surface area is 203 Å². The Kier molecular flexibility index (Phi) is 8.70. The number of halogens is 2. The largest absolute Gasteiger partial charge is 0.496 e. The van der Waals surface area contributed by atoms with Gasteiger partial charge in [0.1, 0.15) is 12.4 Å². The molecule has 0 saturated heterocycles. The number of hydrazone groups is 1. The van der Waals surface area contributed by atoms with E-state index in [1.165, 1.54) is 13.3 Å². The smallest absolute Gasteiger partial charge is 0.275 e. The van der Waals surface area contributed by atoms with Gasteiger partial charge in [-0.25, -0.2) is 5.43 Å². The van der Waals surface area contributed by atoms with E-state index in [0.29, 0.717) is 36.0 Å². The van der Waals surface area contributed by atoms with Gasteiger partial charge in [-0.15, -0.1) is 0 Å². The molecule has 166 valence electrons. The van der Waals surface area contributed by atoms with Crippen LogP contribution >= 0.6 is 31.9 Å². The molecule has 0 saturated carbocycles. The summed E-state index contributed by atoms with van der Waals surface area (Å²) >= 11 is 6.91. The number of hydrogen-bond acceptors (Lipinski definition) is 5. The van der Waals surface area contributed by atoms with Crippen LogP contribution in [0.5, 0.6) is 17.2 Å². The molecule has 8 heteroatoms. The number of carbonyl (C=O) groups is 1. The van der Waals surface area contributed by atoms with Crippen LogP contribution in [0.4, 0.5) is 0 Å². The monoisotopic (exact) mass is 560 g/mol. The van der Waals surface area contributed by atoms with Gasteiger partial charge in [-0.3, -0.25) is 4.79 Å². The highest BCUT2D eigenvalue weighted by atomic mass is 79.9. The van der Waals surface area contributed by atoms with Crippen LogP contribution in [0.2, 0.25) is 0 Å². The molecule has 6 nitrogen and oxygen atoms in total. The van der Waals surface area contributed by atoms with Crippen LogP contribution in [0.1, 0.15) is 28.4 Å². The summed E-state index contributed by atoms with van der Waals surface area (Å²) < 4.78 is 18.5. The minimum Gasteiger partial charge on any atom is -0.496 e. The third-order valence-corrected chi connectivity index (χ3v) is 5.43. The molecule has 0 atom stereocenters. The van der Waals surface area contributed by atoms with Crippen LogP contribution in [-0.4, -0.2) is 25.8 Å². The zero-order valence-corrected chi connectivity index (χ0v) is 20.8. The van der Waals surface area contributed by atoms with Gasteiger partial charge >= 0.3 is 0 Å². The molecule has 0 aromatic heterocycles. The lowest BCUT2D eigenvalue weighted by Crippen LogP contribution is -2.18. The molecule has 0 fully saturated rings. The summed E-state index contributed by atoms with van der Waals surface area (Å²) in [5.74, 6) is 1.27. The third kappa shape index (κ3) is 6.34. The van der Waals surface area contributed by atoms with Gasteiger partial charge < -0.3 is 14.2 Å². The van der Waals surface area contributed by atoms with Crippen LogP contribution in [-0.2, 0) is 6.61 Å². The predicted molar refractivity (Wildman–Crippen MR) is 132 cm³/mol. The molecule has 0 bridgehead atoms. The molecule has 1 amide bonds. The zero-order valence-electron chi connectivity index (χ0n) is 17.6. The number of ether oxygens (including phenoxy) is 3. The first-order valence-corrected chi connectivity index (χ1v) is 11.4. The molecular weight excluding hydrogens is 540 g/mol. The minimum atomic E-state index is -0.383. The van der Waals surface area contributed by atoms with Crippen LogP contribution in [0.15, 0.2) is 74.7 Å². The topological polar surface area (TPSA) is 69.2 Å². The Hall–Kier alpha value is -2.84. The van der Waals surface area contributed by atoms with Crippen molar-refractivity contribution in [2.75, 3.05) is 13.7 Å². The molecule has 1 N–H and O–H groups in total. The van der Waals surface area contributed by atoms with Crippen molar-refractivity contribution in [3.05, 3.63) is 86.3 Å². The van der Waals surface area contributed by atoms with Gasteiger partial charge in [0, 0.05) is 4.47 Å². The Morgan fingerprint density at radius 3 is 2.53 bits per heavy atom. The quantitative estimate of drug-likeness (QED) is 0.258. The number of amides is 1. The van der Waals surface area contributed by atoms with Crippen molar-refractivity contribution in [2.45, 2.75) is 13.5 Å². The van der Waals surface area contributed by atoms with E-state index in [0.717, 1.165) is 20.1 Å². The molecule has 0 heterocycles. The van der Waals surface area contributed by atoms with Crippen molar-refractivity contribution in [3.8, 4) is 17.2 Å².